The van der Waals surface area contributed by atoms with Gasteiger partial charge in [-0.05, 0) is 47.5 Å². The maximum Gasteiger partial charge on any atom is 0.338 e. The summed E-state index contributed by atoms with van der Waals surface area (Å²) in [6, 6.07) is 20.1. The normalized spacial score (nSPS) is 11.7. The molecule has 1 atom stereocenters. The number of hydrogen-bond donors (Lipinski definition) is 2. The third-order valence-corrected chi connectivity index (χ3v) is 4.15. The van der Waals surface area contributed by atoms with Crippen LogP contribution in [0.25, 0.3) is 10.8 Å². The molecule has 0 spiro atoms. The number of carbonyl (C=O) groups is 2. The fraction of sp³-hybridized carbons (Fsp3) is 0.143. The standard InChI is InChI=1S/C21H20N2O3/c1-14(18-8-4-6-15-5-2-3-7-19(15)18)23-20(24)13-26-21(25)16-9-11-17(22)12-10-16/h2-12,14H,13,22H2,1H3,(H,23,24)/t14-/m1/s1. The molecule has 0 heterocycles. The average molecular weight is 348 g/mol. The summed E-state index contributed by atoms with van der Waals surface area (Å²) in [4.78, 5) is 24.1. The molecule has 0 aromatic heterocycles. The molecule has 3 N–H and O–H groups in total. The predicted molar refractivity (Wildman–Crippen MR) is 102 cm³/mol. The monoisotopic (exact) mass is 348 g/mol. The number of hydrogen-bond acceptors (Lipinski definition) is 4. The molecule has 5 nitrogen and oxygen atoms in total. The van der Waals surface area contributed by atoms with Gasteiger partial charge < -0.3 is 15.8 Å². The van der Waals surface area contributed by atoms with Crippen molar-refractivity contribution in [3.8, 4) is 0 Å². The smallest absolute Gasteiger partial charge is 0.338 e. The quantitative estimate of drug-likeness (QED) is 0.546. The molecule has 0 saturated carbocycles. The average Bonchev–Trinajstić information content (AvgIpc) is 2.66. The molecular formula is C21H20N2O3. The zero-order chi connectivity index (χ0) is 18.5. The summed E-state index contributed by atoms with van der Waals surface area (Å²) in [6.07, 6.45) is 0. The SMILES string of the molecule is C[C@@H](NC(=O)COC(=O)c1ccc(N)cc1)c1cccc2ccccc12. The molecule has 132 valence electrons. The number of ether oxygens (including phenoxy) is 1. The Kier molecular flexibility index (Phi) is 5.17. The number of benzene rings is 3. The second kappa shape index (κ2) is 7.70. The molecule has 0 radical (unpaired) electrons. The molecule has 0 bridgehead atoms. The van der Waals surface area contributed by atoms with Gasteiger partial charge in [0.15, 0.2) is 6.61 Å². The van der Waals surface area contributed by atoms with E-state index in [2.05, 4.69) is 5.32 Å². The largest absolute Gasteiger partial charge is 0.452 e. The van der Waals surface area contributed by atoms with Crippen molar-refractivity contribution in [2.45, 2.75) is 13.0 Å². The number of fused-ring (bicyclic) bond motifs is 1. The van der Waals surface area contributed by atoms with Crippen molar-refractivity contribution >= 4 is 28.3 Å². The minimum Gasteiger partial charge on any atom is -0.452 e. The Morgan fingerprint density at radius 1 is 1.00 bits per heavy atom. The van der Waals surface area contributed by atoms with Gasteiger partial charge in [-0.2, -0.15) is 0 Å². The van der Waals surface area contributed by atoms with Crippen molar-refractivity contribution in [3.63, 3.8) is 0 Å². The van der Waals surface area contributed by atoms with Crippen LogP contribution in [0.4, 0.5) is 5.69 Å². The van der Waals surface area contributed by atoms with Gasteiger partial charge in [0.2, 0.25) is 0 Å². The van der Waals surface area contributed by atoms with Crippen molar-refractivity contribution in [2.24, 2.45) is 0 Å². The molecule has 5 heteroatoms. The maximum atomic E-state index is 12.1. The first-order valence-electron chi connectivity index (χ1n) is 8.34. The van der Waals surface area contributed by atoms with Crippen LogP contribution in [0.5, 0.6) is 0 Å². The van der Waals surface area contributed by atoms with Gasteiger partial charge in [-0.3, -0.25) is 4.79 Å². The van der Waals surface area contributed by atoms with E-state index < -0.39 is 5.97 Å². The highest BCUT2D eigenvalue weighted by Crippen LogP contribution is 2.23. The van der Waals surface area contributed by atoms with Gasteiger partial charge in [0.1, 0.15) is 0 Å². The van der Waals surface area contributed by atoms with E-state index in [1.807, 2.05) is 49.4 Å². The van der Waals surface area contributed by atoms with Crippen LogP contribution >= 0.6 is 0 Å². The first-order valence-corrected chi connectivity index (χ1v) is 8.34. The first kappa shape index (κ1) is 17.5. The lowest BCUT2D eigenvalue weighted by molar-refractivity contribution is -0.124. The van der Waals surface area contributed by atoms with Crippen LogP contribution < -0.4 is 11.1 Å². The Morgan fingerprint density at radius 2 is 1.69 bits per heavy atom. The Bertz CT molecular complexity index is 930. The van der Waals surface area contributed by atoms with Crippen LogP contribution in [0.3, 0.4) is 0 Å². The summed E-state index contributed by atoms with van der Waals surface area (Å²) < 4.78 is 5.06. The van der Waals surface area contributed by atoms with Crippen molar-refractivity contribution in [3.05, 3.63) is 77.9 Å². The van der Waals surface area contributed by atoms with Crippen LogP contribution in [0.2, 0.25) is 0 Å². The summed E-state index contributed by atoms with van der Waals surface area (Å²) in [7, 11) is 0. The van der Waals surface area contributed by atoms with Crippen molar-refractivity contribution in [2.75, 3.05) is 12.3 Å². The minimum atomic E-state index is -0.557. The molecule has 0 aliphatic rings. The van der Waals surface area contributed by atoms with Crippen molar-refractivity contribution in [1.29, 1.82) is 0 Å². The van der Waals surface area contributed by atoms with E-state index in [9.17, 15) is 9.59 Å². The van der Waals surface area contributed by atoms with E-state index in [-0.39, 0.29) is 18.6 Å². The predicted octanol–water partition coefficient (Wildman–Crippen LogP) is 3.46. The number of esters is 1. The molecule has 3 aromatic carbocycles. The Morgan fingerprint density at radius 3 is 2.46 bits per heavy atom. The third kappa shape index (κ3) is 4.00. The topological polar surface area (TPSA) is 81.4 Å². The Hall–Kier alpha value is -3.34. The van der Waals surface area contributed by atoms with E-state index in [1.54, 1.807) is 24.3 Å². The number of anilines is 1. The van der Waals surface area contributed by atoms with Gasteiger partial charge in [-0.15, -0.1) is 0 Å². The highest BCUT2D eigenvalue weighted by atomic mass is 16.5. The van der Waals surface area contributed by atoms with Crippen LogP contribution in [-0.4, -0.2) is 18.5 Å². The zero-order valence-corrected chi connectivity index (χ0v) is 14.4. The van der Waals surface area contributed by atoms with E-state index in [0.717, 1.165) is 16.3 Å². The van der Waals surface area contributed by atoms with Crippen molar-refractivity contribution < 1.29 is 14.3 Å². The van der Waals surface area contributed by atoms with E-state index in [4.69, 9.17) is 10.5 Å². The summed E-state index contributed by atoms with van der Waals surface area (Å²) in [5, 5.41) is 5.06. The maximum absolute atomic E-state index is 12.1. The lowest BCUT2D eigenvalue weighted by Gasteiger charge is -2.16. The molecular weight excluding hydrogens is 328 g/mol. The lowest BCUT2D eigenvalue weighted by atomic mass is 10.00. The first-order chi connectivity index (χ1) is 12.5. The third-order valence-electron chi connectivity index (χ3n) is 4.15. The minimum absolute atomic E-state index is 0.205. The van der Waals surface area contributed by atoms with Gasteiger partial charge in [-0.25, -0.2) is 4.79 Å². The molecule has 3 rings (SSSR count). The number of nitrogens with one attached hydrogen (secondary N) is 1. The Balaban J connectivity index is 1.60. The Labute approximate surface area is 151 Å². The van der Waals surface area contributed by atoms with E-state index in [1.165, 1.54) is 0 Å². The van der Waals surface area contributed by atoms with Gasteiger partial charge in [0.25, 0.3) is 5.91 Å². The summed E-state index contributed by atoms with van der Waals surface area (Å²) >= 11 is 0. The van der Waals surface area contributed by atoms with Crippen LogP contribution in [0.15, 0.2) is 66.7 Å². The molecule has 0 fully saturated rings. The molecule has 0 unspecified atom stereocenters. The summed E-state index contributed by atoms with van der Waals surface area (Å²) in [5.74, 6) is -0.910. The van der Waals surface area contributed by atoms with Crippen molar-refractivity contribution in [1.82, 2.24) is 5.32 Å². The number of amides is 1. The number of nitrogens with two attached hydrogens (primary N) is 1. The van der Waals surface area contributed by atoms with Gasteiger partial charge in [0, 0.05) is 5.69 Å². The number of rotatable bonds is 5. The van der Waals surface area contributed by atoms with Crippen LogP contribution in [0.1, 0.15) is 28.9 Å². The highest BCUT2D eigenvalue weighted by molar-refractivity contribution is 5.92. The zero-order valence-electron chi connectivity index (χ0n) is 14.4. The molecule has 26 heavy (non-hydrogen) atoms. The fourth-order valence-electron chi connectivity index (χ4n) is 2.82. The highest BCUT2D eigenvalue weighted by Gasteiger charge is 2.14. The molecule has 0 aliphatic carbocycles. The summed E-state index contributed by atoms with van der Waals surface area (Å²) in [6.45, 7) is 1.57. The molecule has 1 amide bonds. The van der Waals surface area contributed by atoms with Crippen LogP contribution in [-0.2, 0) is 9.53 Å². The van der Waals surface area contributed by atoms with Gasteiger partial charge >= 0.3 is 5.97 Å². The van der Waals surface area contributed by atoms with Crippen LogP contribution in [0, 0.1) is 0 Å². The molecule has 0 aliphatic heterocycles. The van der Waals surface area contributed by atoms with E-state index >= 15 is 0 Å². The van der Waals surface area contributed by atoms with Gasteiger partial charge in [-0.1, -0.05) is 42.5 Å². The number of carbonyl (C=O) groups excluding carboxylic acids is 2. The molecule has 0 saturated heterocycles. The second-order valence-electron chi connectivity index (χ2n) is 6.06. The van der Waals surface area contributed by atoms with Gasteiger partial charge in [0.05, 0.1) is 11.6 Å². The lowest BCUT2D eigenvalue weighted by Crippen LogP contribution is -2.31. The summed E-state index contributed by atoms with van der Waals surface area (Å²) in [5.41, 5.74) is 7.51. The second-order valence-corrected chi connectivity index (χ2v) is 6.06. The van der Waals surface area contributed by atoms with E-state index in [0.29, 0.717) is 11.3 Å². The fourth-order valence-corrected chi connectivity index (χ4v) is 2.82. The number of nitrogen functional groups attached to an aromatic ring is 1. The molecule has 3 aromatic rings.